The van der Waals surface area contributed by atoms with E-state index >= 15 is 0 Å². The Morgan fingerprint density at radius 1 is 0.750 bits per heavy atom. The lowest BCUT2D eigenvalue weighted by molar-refractivity contribution is 0.0734. The summed E-state index contributed by atoms with van der Waals surface area (Å²) in [6.07, 6.45) is 0. The second-order valence-corrected chi connectivity index (χ2v) is 5.40. The molecule has 3 aromatic rings. The first-order chi connectivity index (χ1) is 11.6. The van der Waals surface area contributed by atoms with E-state index in [4.69, 9.17) is 9.47 Å². The molecule has 3 rings (SSSR count). The Bertz CT molecular complexity index is 911. The van der Waals surface area contributed by atoms with Gasteiger partial charge in [-0.15, -0.1) is 0 Å². The van der Waals surface area contributed by atoms with E-state index in [1.807, 2.05) is 24.3 Å². The minimum Gasteiger partial charge on any atom is -0.497 e. The third kappa shape index (κ3) is 3.27. The van der Waals surface area contributed by atoms with Gasteiger partial charge in [0.05, 0.1) is 12.7 Å². The van der Waals surface area contributed by atoms with Crippen LogP contribution in [-0.4, -0.2) is 18.9 Å². The fourth-order valence-corrected chi connectivity index (χ4v) is 2.40. The smallest absolute Gasteiger partial charge is 0.343 e. The van der Waals surface area contributed by atoms with Crippen LogP contribution >= 0.6 is 0 Å². The van der Waals surface area contributed by atoms with E-state index in [-0.39, 0.29) is 5.78 Å². The average molecular weight is 320 g/mol. The number of rotatable bonds is 4. The first kappa shape index (κ1) is 15.7. The van der Waals surface area contributed by atoms with E-state index in [0.29, 0.717) is 16.9 Å². The molecule has 24 heavy (non-hydrogen) atoms. The van der Waals surface area contributed by atoms with Crippen molar-refractivity contribution in [2.45, 2.75) is 6.92 Å². The summed E-state index contributed by atoms with van der Waals surface area (Å²) < 4.78 is 10.6. The minimum atomic E-state index is -0.460. The maximum Gasteiger partial charge on any atom is 0.343 e. The van der Waals surface area contributed by atoms with Crippen LogP contribution in [0.15, 0.2) is 60.7 Å². The van der Waals surface area contributed by atoms with Crippen LogP contribution in [0.5, 0.6) is 11.5 Å². The van der Waals surface area contributed by atoms with Crippen LogP contribution in [0.2, 0.25) is 0 Å². The van der Waals surface area contributed by atoms with Gasteiger partial charge in [-0.25, -0.2) is 4.79 Å². The average Bonchev–Trinajstić information content (AvgIpc) is 2.61. The van der Waals surface area contributed by atoms with Crippen LogP contribution in [0.3, 0.4) is 0 Å². The molecule has 0 saturated carbocycles. The highest BCUT2D eigenvalue weighted by atomic mass is 16.5. The lowest BCUT2D eigenvalue weighted by atomic mass is 10.1. The fraction of sp³-hybridized carbons (Fsp3) is 0.100. The second-order valence-electron chi connectivity index (χ2n) is 5.40. The van der Waals surface area contributed by atoms with Crippen LogP contribution in [0.25, 0.3) is 10.8 Å². The first-order valence-corrected chi connectivity index (χ1v) is 7.48. The van der Waals surface area contributed by atoms with Gasteiger partial charge in [0.25, 0.3) is 0 Å². The highest BCUT2D eigenvalue weighted by Gasteiger charge is 2.10. The number of ether oxygens (including phenoxy) is 2. The van der Waals surface area contributed by atoms with Crippen molar-refractivity contribution in [3.63, 3.8) is 0 Å². The maximum absolute atomic E-state index is 12.2. The molecule has 0 radical (unpaired) electrons. The highest BCUT2D eigenvalue weighted by Crippen LogP contribution is 2.25. The molecule has 0 aliphatic rings. The van der Waals surface area contributed by atoms with Crippen LogP contribution in [0, 0.1) is 0 Å². The number of methoxy groups -OCH3 is 1. The summed E-state index contributed by atoms with van der Waals surface area (Å²) in [6.45, 7) is 1.48. The summed E-state index contributed by atoms with van der Waals surface area (Å²) in [5.41, 5.74) is 0.959. The molecule has 0 fully saturated rings. The number of benzene rings is 3. The molecule has 120 valence electrons. The highest BCUT2D eigenvalue weighted by molar-refractivity contribution is 5.96. The lowest BCUT2D eigenvalue weighted by Gasteiger charge is -2.07. The number of fused-ring (bicyclic) bond motifs is 1. The molecule has 0 bridgehead atoms. The summed E-state index contributed by atoms with van der Waals surface area (Å²) in [6, 6.07) is 17.5. The van der Waals surface area contributed by atoms with Gasteiger partial charge in [0.15, 0.2) is 5.78 Å². The van der Waals surface area contributed by atoms with E-state index in [1.54, 1.807) is 43.5 Å². The monoisotopic (exact) mass is 320 g/mol. The zero-order valence-electron chi connectivity index (χ0n) is 13.4. The van der Waals surface area contributed by atoms with Gasteiger partial charge in [-0.05, 0) is 54.1 Å². The molecule has 0 heterocycles. The first-order valence-electron chi connectivity index (χ1n) is 7.48. The Morgan fingerprint density at radius 2 is 1.29 bits per heavy atom. The molecular formula is C20H16O4. The summed E-state index contributed by atoms with van der Waals surface area (Å²) in [4.78, 5) is 23.5. The molecule has 0 aliphatic carbocycles. The molecular weight excluding hydrogens is 304 g/mol. The largest absolute Gasteiger partial charge is 0.497 e. The van der Waals surface area contributed by atoms with Gasteiger partial charge >= 0.3 is 5.97 Å². The molecule has 0 N–H and O–H groups in total. The number of Topliss-reactive ketones (excluding diaryl/α,β-unsaturated/α-hetero) is 1. The molecule has 4 heteroatoms. The second kappa shape index (κ2) is 6.54. The van der Waals surface area contributed by atoms with E-state index in [2.05, 4.69) is 0 Å². The van der Waals surface area contributed by atoms with E-state index in [1.165, 1.54) is 6.92 Å². The molecule has 0 saturated heterocycles. The molecule has 0 unspecified atom stereocenters. The molecule has 0 atom stereocenters. The van der Waals surface area contributed by atoms with Gasteiger partial charge in [-0.2, -0.15) is 0 Å². The quantitative estimate of drug-likeness (QED) is 0.409. The normalized spacial score (nSPS) is 10.4. The number of carbonyl (C=O) groups is 2. The maximum atomic E-state index is 12.2. The van der Waals surface area contributed by atoms with Crippen molar-refractivity contribution < 1.29 is 19.1 Å². The number of ketones is 1. The van der Waals surface area contributed by atoms with Crippen molar-refractivity contribution in [2.24, 2.45) is 0 Å². The predicted octanol–water partition coefficient (Wildman–Crippen LogP) is 4.27. The van der Waals surface area contributed by atoms with Gasteiger partial charge in [-0.1, -0.05) is 24.3 Å². The Kier molecular flexibility index (Phi) is 4.29. The molecule has 0 spiro atoms. The molecule has 4 nitrogen and oxygen atoms in total. The van der Waals surface area contributed by atoms with E-state index in [0.717, 1.165) is 16.5 Å². The van der Waals surface area contributed by atoms with Gasteiger partial charge < -0.3 is 9.47 Å². The molecule has 0 aliphatic heterocycles. The Morgan fingerprint density at radius 3 is 1.88 bits per heavy atom. The van der Waals surface area contributed by atoms with Gasteiger partial charge in [0.2, 0.25) is 0 Å². The zero-order chi connectivity index (χ0) is 17.1. The SMILES string of the molecule is COc1ccc2cc(OC(=O)c3ccc(C(C)=O)cc3)ccc2c1. The van der Waals surface area contributed by atoms with Crippen molar-refractivity contribution in [1.29, 1.82) is 0 Å². The van der Waals surface area contributed by atoms with Crippen LogP contribution in [0.1, 0.15) is 27.6 Å². The Balaban J connectivity index is 1.80. The summed E-state index contributed by atoms with van der Waals surface area (Å²) in [5, 5.41) is 1.95. The summed E-state index contributed by atoms with van der Waals surface area (Å²) >= 11 is 0. The van der Waals surface area contributed by atoms with Gasteiger partial charge in [-0.3, -0.25) is 4.79 Å². The number of esters is 1. The van der Waals surface area contributed by atoms with Gasteiger partial charge in [0, 0.05) is 5.56 Å². The van der Waals surface area contributed by atoms with E-state index in [9.17, 15) is 9.59 Å². The molecule has 0 amide bonds. The third-order valence-corrected chi connectivity index (χ3v) is 3.76. The van der Waals surface area contributed by atoms with Crippen LogP contribution in [-0.2, 0) is 0 Å². The minimum absolute atomic E-state index is 0.0418. The standard InChI is InChI=1S/C20H16O4/c1-13(21)14-3-5-15(6-4-14)20(22)24-19-10-8-16-11-18(23-2)9-7-17(16)12-19/h3-12H,1-2H3. The Labute approximate surface area is 139 Å². The number of hydrogen-bond donors (Lipinski definition) is 0. The number of carbonyl (C=O) groups excluding carboxylic acids is 2. The third-order valence-electron chi connectivity index (χ3n) is 3.76. The van der Waals surface area contributed by atoms with Gasteiger partial charge in [0.1, 0.15) is 11.5 Å². The predicted molar refractivity (Wildman–Crippen MR) is 91.9 cm³/mol. The van der Waals surface area contributed by atoms with E-state index < -0.39 is 5.97 Å². The molecule has 0 aromatic heterocycles. The number of hydrogen-bond acceptors (Lipinski definition) is 4. The molecule has 3 aromatic carbocycles. The van der Waals surface area contributed by atoms with Crippen molar-refractivity contribution >= 4 is 22.5 Å². The van der Waals surface area contributed by atoms with Crippen molar-refractivity contribution in [2.75, 3.05) is 7.11 Å². The van der Waals surface area contributed by atoms with Crippen molar-refractivity contribution in [1.82, 2.24) is 0 Å². The fourth-order valence-electron chi connectivity index (χ4n) is 2.40. The summed E-state index contributed by atoms with van der Waals surface area (Å²) in [5.74, 6) is 0.740. The van der Waals surface area contributed by atoms with Crippen LogP contribution < -0.4 is 9.47 Å². The Hall–Kier alpha value is -3.14. The topological polar surface area (TPSA) is 52.6 Å². The van der Waals surface area contributed by atoms with Crippen molar-refractivity contribution in [3.8, 4) is 11.5 Å². The van der Waals surface area contributed by atoms with Crippen molar-refractivity contribution in [3.05, 3.63) is 71.8 Å². The summed E-state index contributed by atoms with van der Waals surface area (Å²) in [7, 11) is 1.62. The zero-order valence-corrected chi connectivity index (χ0v) is 13.4. The van der Waals surface area contributed by atoms with Crippen LogP contribution in [0.4, 0.5) is 0 Å². The lowest BCUT2D eigenvalue weighted by Crippen LogP contribution is -2.08.